The van der Waals surface area contributed by atoms with Gasteiger partial charge in [-0.2, -0.15) is 0 Å². The van der Waals surface area contributed by atoms with Crippen LogP contribution in [0, 0.1) is 17.8 Å². The molecule has 13 N–H and O–H groups in total. The number of hydrogen-bond acceptors (Lipinski definition) is 12. The molecule has 388 valence electrons. The number of benzene rings is 1. The fraction of sp³-hybridized carbons (Fsp3) is 0.617. The summed E-state index contributed by atoms with van der Waals surface area (Å²) < 4.78 is 0. The van der Waals surface area contributed by atoms with E-state index >= 15 is 0 Å². The average Bonchev–Trinajstić information content (AvgIpc) is 4.03. The van der Waals surface area contributed by atoms with Gasteiger partial charge in [0, 0.05) is 44.9 Å². The van der Waals surface area contributed by atoms with Gasteiger partial charge < -0.3 is 68.4 Å². The lowest BCUT2D eigenvalue weighted by atomic mass is 9.96. The molecule has 0 unspecified atom stereocenters. The number of hydrogen-bond donors (Lipinski definition) is 11. The number of guanidine groups is 1. The van der Waals surface area contributed by atoms with Crippen molar-refractivity contribution in [1.82, 2.24) is 51.7 Å². The van der Waals surface area contributed by atoms with E-state index in [4.69, 9.17) is 11.5 Å². The number of aliphatic imine (C=N–C) groups is 1. The van der Waals surface area contributed by atoms with Gasteiger partial charge in [0.1, 0.15) is 48.0 Å². The molecule has 23 heteroatoms. The average molecular weight is 982 g/mol. The van der Waals surface area contributed by atoms with Crippen LogP contribution in [0.2, 0.25) is 0 Å². The maximum atomic E-state index is 14.6. The molecule has 1 aliphatic heterocycles. The van der Waals surface area contributed by atoms with Gasteiger partial charge in [0.15, 0.2) is 5.96 Å². The highest BCUT2D eigenvalue weighted by atomic mass is 16.4. The number of aromatic nitrogens is 2. The predicted octanol–water partition coefficient (Wildman–Crippen LogP) is -0.752. The van der Waals surface area contributed by atoms with Gasteiger partial charge in [0.05, 0.1) is 12.9 Å². The zero-order chi connectivity index (χ0) is 52.2. The molecule has 0 bridgehead atoms. The summed E-state index contributed by atoms with van der Waals surface area (Å²) in [6.07, 6.45) is 4.79. The quantitative estimate of drug-likeness (QED) is 0.0284. The summed E-state index contributed by atoms with van der Waals surface area (Å²) >= 11 is 0. The number of carbonyl (C=O) groups is 8. The van der Waals surface area contributed by atoms with Crippen LogP contribution in [0.15, 0.2) is 41.8 Å². The number of aromatic hydroxyl groups is 1. The van der Waals surface area contributed by atoms with Crippen LogP contribution in [0.4, 0.5) is 0 Å². The van der Waals surface area contributed by atoms with Crippen molar-refractivity contribution < 1.29 is 48.6 Å². The van der Waals surface area contributed by atoms with Gasteiger partial charge in [-0.3, -0.25) is 38.6 Å². The van der Waals surface area contributed by atoms with Crippen LogP contribution >= 0.6 is 0 Å². The molecule has 1 aromatic heterocycles. The predicted molar refractivity (Wildman–Crippen MR) is 260 cm³/mol. The number of nitrogens with two attached hydrogens (primary N) is 2. The van der Waals surface area contributed by atoms with Gasteiger partial charge in [0.2, 0.25) is 41.4 Å². The maximum Gasteiger partial charge on any atom is 0.326 e. The largest absolute Gasteiger partial charge is 0.508 e. The van der Waals surface area contributed by atoms with Crippen molar-refractivity contribution >= 4 is 53.3 Å². The molecule has 0 spiro atoms. The van der Waals surface area contributed by atoms with Crippen molar-refractivity contribution in [2.75, 3.05) is 33.7 Å². The zero-order valence-corrected chi connectivity index (χ0v) is 41.6. The van der Waals surface area contributed by atoms with E-state index < -0.39 is 101 Å². The molecule has 9 atom stereocenters. The third-order valence-corrected chi connectivity index (χ3v) is 12.6. The first-order chi connectivity index (χ1) is 33.1. The number of rotatable bonds is 28. The lowest BCUT2D eigenvalue weighted by molar-refractivity contribution is -0.154. The Labute approximate surface area is 409 Å². The fourth-order valence-electron chi connectivity index (χ4n) is 8.21. The van der Waals surface area contributed by atoms with E-state index in [9.17, 15) is 48.6 Å². The number of likely N-dealkylation sites (N-methyl/N-ethyl adjacent to an activating group) is 2. The number of nitrogens with zero attached hydrogens (tertiary/aromatic N) is 4. The van der Waals surface area contributed by atoms with Crippen LogP contribution in [-0.2, 0) is 51.2 Å². The normalized spacial score (nSPS) is 16.8. The monoisotopic (exact) mass is 982 g/mol. The van der Waals surface area contributed by atoms with Gasteiger partial charge in [-0.25, -0.2) is 9.78 Å². The van der Waals surface area contributed by atoms with Gasteiger partial charge in [-0.05, 0) is 68.2 Å². The molecule has 1 saturated heterocycles. The number of carboxylic acid groups (broad SMARTS) is 1. The van der Waals surface area contributed by atoms with E-state index in [0.717, 1.165) is 0 Å². The van der Waals surface area contributed by atoms with Crippen molar-refractivity contribution in [2.24, 2.45) is 34.2 Å². The van der Waals surface area contributed by atoms with Crippen molar-refractivity contribution in [1.29, 1.82) is 0 Å². The van der Waals surface area contributed by atoms with Crippen LogP contribution in [0.5, 0.6) is 5.75 Å². The summed E-state index contributed by atoms with van der Waals surface area (Å²) in [6, 6.07) is -2.31. The highest BCUT2D eigenvalue weighted by Gasteiger charge is 2.43. The summed E-state index contributed by atoms with van der Waals surface area (Å²) in [5.41, 5.74) is 11.9. The number of phenols is 1. The molecule has 1 fully saturated rings. The Bertz CT molecular complexity index is 2100. The number of carboxylic acids is 1. The Hall–Kier alpha value is -6.78. The Kier molecular flexibility index (Phi) is 23.0. The van der Waals surface area contributed by atoms with E-state index in [-0.39, 0.29) is 62.9 Å². The first-order valence-electron chi connectivity index (χ1n) is 23.9. The Morgan fingerprint density at radius 1 is 0.843 bits per heavy atom. The summed E-state index contributed by atoms with van der Waals surface area (Å²) in [6.45, 7) is 10.8. The van der Waals surface area contributed by atoms with Crippen LogP contribution in [0.25, 0.3) is 0 Å². The molecule has 1 aromatic carbocycles. The third-order valence-electron chi connectivity index (χ3n) is 12.6. The van der Waals surface area contributed by atoms with E-state index in [0.29, 0.717) is 36.9 Å². The van der Waals surface area contributed by atoms with Gasteiger partial charge >= 0.3 is 5.97 Å². The smallest absolute Gasteiger partial charge is 0.326 e. The number of phenolic OH excluding ortho intramolecular Hbond substituents is 1. The van der Waals surface area contributed by atoms with Crippen LogP contribution in [0.3, 0.4) is 0 Å². The molecule has 0 radical (unpaired) electrons. The number of carbonyl (C=O) groups excluding carboxylic acids is 7. The molecule has 7 amide bonds. The Balaban J connectivity index is 1.94. The fourth-order valence-corrected chi connectivity index (χ4v) is 8.21. The number of H-pyrrole nitrogens is 1. The first kappa shape index (κ1) is 57.5. The molecule has 70 heavy (non-hydrogen) atoms. The minimum absolute atomic E-state index is 0.0362. The highest BCUT2D eigenvalue weighted by Crippen LogP contribution is 2.24. The second-order valence-electron chi connectivity index (χ2n) is 18.3. The standard InChI is InChI=1S/C47H75N13O10/c1-9-27(5)38(43(66)56-34(22-30-23-51-25-53-30)44(67)60-20-12-14-35(60)45(68)59(8)39(46(69)70)28(6)10-2)58-41(64)33(21-29-15-17-31(61)18-16-29)55-42(65)37(26(3)4)57-40(63)32(54-36(62)24-50-7)13-11-19-52-47(48)49/h15-18,23,25-28,32-35,37-39,50,61H,9-14,19-22,24H2,1-8H3,(H,51,53)(H,54,62)(H,55,65)(H,56,66)(H,57,63)(H,58,64)(H,69,70)(H4,48,49,52)/t27-,28-,32-,33-,34-,35-,37-,38-,39-/m0/s1. The number of imidazole rings is 1. The van der Waals surface area contributed by atoms with Crippen molar-refractivity contribution in [3.05, 3.63) is 48.0 Å². The van der Waals surface area contributed by atoms with Crippen molar-refractivity contribution in [2.45, 2.75) is 135 Å². The SMILES string of the molecule is CC[C@H](C)[C@H](NC(=O)[C@H](Cc1ccc(O)cc1)NC(=O)[C@@H](NC(=O)[C@H](CCCN=C(N)N)NC(=O)CNC)C(C)C)C(=O)N[C@@H](Cc1cnc[nH]1)C(=O)N1CCC[C@H]1C(=O)N(C)[C@H](C(=O)O)[C@@H](C)CC. The minimum atomic E-state index is -1.35. The van der Waals surface area contributed by atoms with E-state index in [1.807, 2.05) is 13.8 Å². The number of amides is 7. The summed E-state index contributed by atoms with van der Waals surface area (Å²) in [5.74, 6) is -7.25. The van der Waals surface area contributed by atoms with Gasteiger partial charge in [-0.15, -0.1) is 0 Å². The minimum Gasteiger partial charge on any atom is -0.508 e. The first-order valence-corrected chi connectivity index (χ1v) is 23.9. The molecule has 0 aliphatic carbocycles. The molecule has 2 aromatic rings. The van der Waals surface area contributed by atoms with Crippen molar-refractivity contribution in [3.63, 3.8) is 0 Å². The van der Waals surface area contributed by atoms with E-state index in [2.05, 4.69) is 46.9 Å². The lowest BCUT2D eigenvalue weighted by Crippen LogP contribution is -2.62. The third kappa shape index (κ3) is 17.0. The maximum absolute atomic E-state index is 14.6. The summed E-state index contributed by atoms with van der Waals surface area (Å²) in [5, 5.41) is 36.5. The molecular weight excluding hydrogens is 907 g/mol. The zero-order valence-electron chi connectivity index (χ0n) is 41.6. The molecule has 23 nitrogen and oxygen atoms in total. The van der Waals surface area contributed by atoms with Gasteiger partial charge in [0.25, 0.3) is 0 Å². The number of aromatic amines is 1. The van der Waals surface area contributed by atoms with Crippen LogP contribution in [0.1, 0.15) is 91.3 Å². The van der Waals surface area contributed by atoms with E-state index in [1.165, 1.54) is 41.5 Å². The molecule has 1 aliphatic rings. The summed E-state index contributed by atoms with van der Waals surface area (Å²) in [7, 11) is 2.99. The second kappa shape index (κ2) is 28.0. The Morgan fingerprint density at radius 3 is 2.03 bits per heavy atom. The topological polar surface area (TPSA) is 349 Å². The number of nitrogens with one attached hydrogen (secondary N) is 7. The van der Waals surface area contributed by atoms with Crippen molar-refractivity contribution in [3.8, 4) is 5.75 Å². The number of aliphatic carboxylic acids is 1. The second-order valence-corrected chi connectivity index (χ2v) is 18.3. The molecular formula is C47H75N13O10. The van der Waals surface area contributed by atoms with Crippen LogP contribution in [-0.4, -0.2) is 159 Å². The lowest BCUT2D eigenvalue weighted by Gasteiger charge is -2.35. The number of likely N-dealkylation sites (tertiary alicyclic amines) is 1. The van der Waals surface area contributed by atoms with Crippen LogP contribution < -0.4 is 43.4 Å². The highest BCUT2D eigenvalue weighted by molar-refractivity contribution is 5.98. The molecule has 0 saturated carbocycles. The molecule has 3 rings (SSSR count). The Morgan fingerprint density at radius 2 is 1.46 bits per heavy atom. The summed E-state index contributed by atoms with van der Waals surface area (Å²) in [4.78, 5) is 124. The molecule has 2 heterocycles. The van der Waals surface area contributed by atoms with Gasteiger partial charge in [-0.1, -0.05) is 66.5 Å². The van der Waals surface area contributed by atoms with E-state index in [1.54, 1.807) is 46.9 Å².